The van der Waals surface area contributed by atoms with E-state index in [1.807, 2.05) is 29.2 Å². The number of aromatic amines is 1. The van der Waals surface area contributed by atoms with Crippen molar-refractivity contribution < 1.29 is 9.53 Å². The Kier molecular flexibility index (Phi) is 4.89. The molecule has 9 heteroatoms. The van der Waals surface area contributed by atoms with Gasteiger partial charge < -0.3 is 20.3 Å². The minimum atomic E-state index is -0.531. The molecule has 3 N–H and O–H groups in total. The topological polar surface area (TPSA) is 100 Å². The fourth-order valence-corrected chi connectivity index (χ4v) is 2.82. The van der Waals surface area contributed by atoms with Crippen molar-refractivity contribution in [1.29, 1.82) is 0 Å². The monoisotopic (exact) mass is 394 g/mol. The summed E-state index contributed by atoms with van der Waals surface area (Å²) < 4.78 is 6.70. The summed E-state index contributed by atoms with van der Waals surface area (Å²) in [6.07, 6.45) is -0.531. The molecule has 1 saturated heterocycles. The number of carbonyl (C=O) groups excluding carboxylic acids is 1. The Bertz CT molecular complexity index is 696. The maximum Gasteiger partial charge on any atom is 0.263 e. The molecule has 0 radical (unpaired) electrons. The minimum absolute atomic E-state index is 0.0212. The lowest BCUT2D eigenvalue weighted by atomic mass is 10.2. The van der Waals surface area contributed by atoms with Crippen molar-refractivity contribution in [2.75, 3.05) is 36.8 Å². The van der Waals surface area contributed by atoms with E-state index in [1.165, 1.54) is 0 Å². The van der Waals surface area contributed by atoms with E-state index in [-0.39, 0.29) is 5.91 Å². The molecule has 1 amide bonds. The Labute approximate surface area is 148 Å². The molecule has 3 rings (SSSR count). The van der Waals surface area contributed by atoms with Crippen LogP contribution in [-0.2, 0) is 4.79 Å². The third-order valence-corrected chi connectivity index (χ3v) is 4.37. The van der Waals surface area contributed by atoms with Crippen molar-refractivity contribution in [2.45, 2.75) is 13.0 Å². The van der Waals surface area contributed by atoms with Gasteiger partial charge in [-0.15, -0.1) is 5.10 Å². The Balaban J connectivity index is 1.53. The number of rotatable bonds is 4. The van der Waals surface area contributed by atoms with Gasteiger partial charge >= 0.3 is 0 Å². The van der Waals surface area contributed by atoms with E-state index >= 15 is 0 Å². The van der Waals surface area contributed by atoms with Crippen LogP contribution < -0.4 is 15.4 Å². The number of benzene rings is 1. The standard InChI is InChI=1S/C15H19BrN6O2/c1-10(24-12-4-2-11(16)3-5-12)13(23)21-6-8-22(9-7-21)15-18-14(17)19-20-15/h2-5,10H,6-9H2,1H3,(H3,17,18,19,20)/t10-/m0/s1. The number of nitrogens with two attached hydrogens (primary N) is 1. The summed E-state index contributed by atoms with van der Waals surface area (Å²) in [4.78, 5) is 20.4. The fourth-order valence-electron chi connectivity index (χ4n) is 2.56. The molecule has 8 nitrogen and oxygen atoms in total. The van der Waals surface area contributed by atoms with E-state index in [0.717, 1.165) is 4.47 Å². The number of ether oxygens (including phenoxy) is 1. The number of anilines is 2. The molecule has 0 spiro atoms. The highest BCUT2D eigenvalue weighted by molar-refractivity contribution is 9.10. The van der Waals surface area contributed by atoms with E-state index in [1.54, 1.807) is 11.8 Å². The van der Waals surface area contributed by atoms with E-state index in [2.05, 4.69) is 31.1 Å². The first-order valence-electron chi connectivity index (χ1n) is 7.67. The highest BCUT2D eigenvalue weighted by atomic mass is 79.9. The molecule has 1 aromatic heterocycles. The lowest BCUT2D eigenvalue weighted by molar-refractivity contribution is -0.138. The maximum atomic E-state index is 12.5. The number of nitrogens with zero attached hydrogens (tertiary/aromatic N) is 4. The van der Waals surface area contributed by atoms with E-state index in [4.69, 9.17) is 10.5 Å². The number of piperazine rings is 1. The van der Waals surface area contributed by atoms with Crippen LogP contribution in [-0.4, -0.2) is 58.3 Å². The zero-order chi connectivity index (χ0) is 17.1. The third-order valence-electron chi connectivity index (χ3n) is 3.84. The molecule has 1 aliphatic rings. The second kappa shape index (κ2) is 7.08. The smallest absolute Gasteiger partial charge is 0.263 e. The summed E-state index contributed by atoms with van der Waals surface area (Å²) in [6, 6.07) is 7.43. The van der Waals surface area contributed by atoms with Crippen LogP contribution in [0.25, 0.3) is 0 Å². The SMILES string of the molecule is C[C@H](Oc1ccc(Br)cc1)C(=O)N1CCN(c2n[nH]c(N)n2)CC1. The summed E-state index contributed by atoms with van der Waals surface area (Å²) in [5, 5.41) is 6.66. The molecule has 1 aliphatic heterocycles. The van der Waals surface area contributed by atoms with Crippen LogP contribution in [0, 0.1) is 0 Å². The first kappa shape index (κ1) is 16.6. The molecule has 1 aromatic carbocycles. The van der Waals surface area contributed by atoms with Crippen molar-refractivity contribution in [2.24, 2.45) is 0 Å². The van der Waals surface area contributed by atoms with Gasteiger partial charge in [0.1, 0.15) is 5.75 Å². The van der Waals surface area contributed by atoms with Crippen molar-refractivity contribution in [3.8, 4) is 5.75 Å². The van der Waals surface area contributed by atoms with E-state index in [9.17, 15) is 4.79 Å². The highest BCUT2D eigenvalue weighted by Gasteiger charge is 2.27. The van der Waals surface area contributed by atoms with Gasteiger partial charge in [0, 0.05) is 30.7 Å². The second-order valence-corrected chi connectivity index (χ2v) is 6.46. The van der Waals surface area contributed by atoms with E-state index < -0.39 is 6.10 Å². The maximum absolute atomic E-state index is 12.5. The Morgan fingerprint density at radius 2 is 1.96 bits per heavy atom. The number of nitrogens with one attached hydrogen (secondary N) is 1. The fraction of sp³-hybridized carbons (Fsp3) is 0.400. The summed E-state index contributed by atoms with van der Waals surface area (Å²) in [7, 11) is 0. The molecular weight excluding hydrogens is 376 g/mol. The number of carbonyl (C=O) groups is 1. The Hall–Kier alpha value is -2.29. The second-order valence-electron chi connectivity index (χ2n) is 5.55. The van der Waals surface area contributed by atoms with Gasteiger partial charge in [0.05, 0.1) is 0 Å². The van der Waals surface area contributed by atoms with Gasteiger partial charge in [-0.1, -0.05) is 15.9 Å². The Morgan fingerprint density at radius 3 is 2.54 bits per heavy atom. The number of hydrogen-bond donors (Lipinski definition) is 2. The summed E-state index contributed by atoms with van der Waals surface area (Å²) >= 11 is 3.37. The zero-order valence-corrected chi connectivity index (χ0v) is 14.9. The van der Waals surface area contributed by atoms with Crippen LogP contribution in [0.4, 0.5) is 11.9 Å². The number of aromatic nitrogens is 3. The van der Waals surface area contributed by atoms with Crippen LogP contribution in [0.3, 0.4) is 0 Å². The molecule has 0 bridgehead atoms. The lowest BCUT2D eigenvalue weighted by Crippen LogP contribution is -2.52. The molecule has 0 unspecified atom stereocenters. The summed E-state index contributed by atoms with van der Waals surface area (Å²) in [6.45, 7) is 4.29. The minimum Gasteiger partial charge on any atom is -0.481 e. The summed E-state index contributed by atoms with van der Waals surface area (Å²) in [5.74, 6) is 1.51. The van der Waals surface area contributed by atoms with Gasteiger partial charge in [-0.2, -0.15) is 4.98 Å². The quantitative estimate of drug-likeness (QED) is 0.809. The van der Waals surface area contributed by atoms with Crippen LogP contribution in [0.15, 0.2) is 28.7 Å². The highest BCUT2D eigenvalue weighted by Crippen LogP contribution is 2.18. The summed E-state index contributed by atoms with van der Waals surface area (Å²) in [5.41, 5.74) is 5.54. The van der Waals surface area contributed by atoms with Gasteiger partial charge in [-0.05, 0) is 31.2 Å². The average molecular weight is 395 g/mol. The third kappa shape index (κ3) is 3.78. The van der Waals surface area contributed by atoms with Gasteiger partial charge in [0.25, 0.3) is 5.91 Å². The molecule has 24 heavy (non-hydrogen) atoms. The number of amides is 1. The molecule has 1 atom stereocenters. The molecule has 1 fully saturated rings. The predicted octanol–water partition coefficient (Wildman–Crippen LogP) is 1.27. The normalized spacial score (nSPS) is 16.1. The van der Waals surface area contributed by atoms with Crippen molar-refractivity contribution >= 4 is 33.7 Å². The molecule has 128 valence electrons. The van der Waals surface area contributed by atoms with Crippen LogP contribution in [0.5, 0.6) is 5.75 Å². The van der Waals surface area contributed by atoms with E-state index in [0.29, 0.717) is 43.8 Å². The van der Waals surface area contributed by atoms with Crippen molar-refractivity contribution in [3.63, 3.8) is 0 Å². The van der Waals surface area contributed by atoms with Gasteiger partial charge in [-0.3, -0.25) is 4.79 Å². The number of hydrogen-bond acceptors (Lipinski definition) is 6. The molecule has 2 heterocycles. The first-order chi connectivity index (χ1) is 11.5. The van der Waals surface area contributed by atoms with Crippen LogP contribution in [0.2, 0.25) is 0 Å². The zero-order valence-electron chi connectivity index (χ0n) is 13.3. The number of halogens is 1. The van der Waals surface area contributed by atoms with Gasteiger partial charge in [-0.25, -0.2) is 5.10 Å². The first-order valence-corrected chi connectivity index (χ1v) is 8.46. The van der Waals surface area contributed by atoms with Crippen molar-refractivity contribution in [3.05, 3.63) is 28.7 Å². The van der Waals surface area contributed by atoms with Crippen molar-refractivity contribution in [1.82, 2.24) is 20.1 Å². The molecular formula is C15H19BrN6O2. The largest absolute Gasteiger partial charge is 0.481 e. The molecule has 0 aliphatic carbocycles. The molecule has 0 saturated carbocycles. The van der Waals surface area contributed by atoms with Crippen LogP contribution >= 0.6 is 15.9 Å². The molecule has 2 aromatic rings. The number of nitrogen functional groups attached to an aromatic ring is 1. The van der Waals surface area contributed by atoms with Gasteiger partial charge in [0.2, 0.25) is 11.9 Å². The average Bonchev–Trinajstić information content (AvgIpc) is 3.03. The van der Waals surface area contributed by atoms with Gasteiger partial charge in [0.15, 0.2) is 6.10 Å². The van der Waals surface area contributed by atoms with Crippen LogP contribution in [0.1, 0.15) is 6.92 Å². The predicted molar refractivity (Wildman–Crippen MR) is 93.8 cm³/mol. The number of H-pyrrole nitrogens is 1. The lowest BCUT2D eigenvalue weighted by Gasteiger charge is -2.35. The Morgan fingerprint density at radius 1 is 1.29 bits per heavy atom.